The van der Waals surface area contributed by atoms with Crippen LogP contribution in [-0.2, 0) is 14.3 Å². The van der Waals surface area contributed by atoms with Crippen molar-refractivity contribution in [1.82, 2.24) is 0 Å². The van der Waals surface area contributed by atoms with Gasteiger partial charge in [0.15, 0.2) is 0 Å². The summed E-state index contributed by atoms with van der Waals surface area (Å²) in [5.41, 5.74) is 0. The summed E-state index contributed by atoms with van der Waals surface area (Å²) < 4.78 is 4.23. The van der Waals surface area contributed by atoms with Crippen LogP contribution in [0.2, 0.25) is 0 Å². The van der Waals surface area contributed by atoms with Gasteiger partial charge in [0.1, 0.15) is 5.92 Å². The van der Waals surface area contributed by atoms with Crippen LogP contribution in [0.25, 0.3) is 0 Å². The summed E-state index contributed by atoms with van der Waals surface area (Å²) in [4.78, 5) is 21.2. The molecule has 0 saturated carbocycles. The van der Waals surface area contributed by atoms with Gasteiger partial charge in [0, 0.05) is 0 Å². The van der Waals surface area contributed by atoms with Gasteiger partial charge < -0.3 is 4.74 Å². The number of rotatable bonds is 3. The zero-order chi connectivity index (χ0) is 8.15. The van der Waals surface area contributed by atoms with Gasteiger partial charge in [-0.2, -0.15) is 0 Å². The van der Waals surface area contributed by atoms with Crippen molar-refractivity contribution in [2.45, 2.75) is 13.8 Å². The van der Waals surface area contributed by atoms with Crippen molar-refractivity contribution in [2.24, 2.45) is 5.92 Å². The quantitative estimate of drug-likeness (QED) is 0.397. The minimum atomic E-state index is -0.694. The van der Waals surface area contributed by atoms with Gasteiger partial charge in [0.05, 0.1) is 6.61 Å². The molecule has 10 heavy (non-hydrogen) atoms. The third kappa shape index (κ3) is 2.96. The van der Waals surface area contributed by atoms with E-state index in [9.17, 15) is 9.59 Å². The molecule has 0 aromatic heterocycles. The fraction of sp³-hybridized carbons (Fsp3) is 0.667. The molecule has 1 atom stereocenters. The highest BCUT2D eigenvalue weighted by Crippen LogP contribution is 2.04. The summed E-state index contributed by atoms with van der Waals surface area (Å²) >= 11 is 2.67. The normalized spacial score (nSPS) is 12.3. The summed E-state index contributed by atoms with van der Waals surface area (Å²) in [6.45, 7) is 3.50. The third-order valence-corrected chi connectivity index (χ3v) is 1.67. The van der Waals surface area contributed by atoms with Gasteiger partial charge in [-0.15, -0.1) is 0 Å². The molecule has 0 N–H and O–H groups in total. The van der Waals surface area contributed by atoms with Crippen molar-refractivity contribution in [2.75, 3.05) is 6.61 Å². The first-order chi connectivity index (χ1) is 4.59. The lowest BCUT2D eigenvalue weighted by molar-refractivity contribution is -0.148. The lowest BCUT2D eigenvalue weighted by atomic mass is 10.2. The van der Waals surface area contributed by atoms with Crippen molar-refractivity contribution in [3.63, 3.8) is 0 Å². The van der Waals surface area contributed by atoms with Crippen LogP contribution in [0.4, 0.5) is 0 Å². The van der Waals surface area contributed by atoms with Crippen LogP contribution in [0, 0.1) is 5.92 Å². The molecule has 1 unspecified atom stereocenters. The molecule has 0 aliphatic heterocycles. The van der Waals surface area contributed by atoms with E-state index in [1.54, 1.807) is 6.92 Å². The minimum Gasteiger partial charge on any atom is -0.465 e. The van der Waals surface area contributed by atoms with Crippen molar-refractivity contribution < 1.29 is 14.3 Å². The van der Waals surface area contributed by atoms with Crippen LogP contribution in [0.1, 0.15) is 13.8 Å². The lowest BCUT2D eigenvalue weighted by Gasteiger charge is -2.03. The van der Waals surface area contributed by atoms with Crippen LogP contribution in [0.5, 0.6) is 0 Å². The molecular weight excluding hydrogens is 200 g/mol. The Balaban J connectivity index is 3.82. The van der Waals surface area contributed by atoms with Crippen LogP contribution < -0.4 is 0 Å². The number of hydrogen-bond donors (Lipinski definition) is 0. The highest BCUT2D eigenvalue weighted by Gasteiger charge is 2.19. The Morgan fingerprint density at radius 2 is 2.10 bits per heavy atom. The first-order valence-electron chi connectivity index (χ1n) is 2.95. The van der Waals surface area contributed by atoms with Crippen LogP contribution in [0.15, 0.2) is 0 Å². The van der Waals surface area contributed by atoms with Gasteiger partial charge >= 0.3 is 5.97 Å². The monoisotopic (exact) mass is 208 g/mol. The van der Waals surface area contributed by atoms with E-state index in [0.29, 0.717) is 6.61 Å². The summed E-state index contributed by atoms with van der Waals surface area (Å²) in [5, 5.41) is 0. The molecule has 0 heterocycles. The molecule has 0 aromatic carbocycles. The van der Waals surface area contributed by atoms with Crippen molar-refractivity contribution in [3.8, 4) is 0 Å². The number of hydrogen-bond acceptors (Lipinski definition) is 3. The molecular formula is C6H9BrO3. The maximum atomic E-state index is 10.7. The number of carbonyl (C=O) groups excluding carboxylic acids is 2. The van der Waals surface area contributed by atoms with Crippen molar-refractivity contribution >= 4 is 26.6 Å². The first-order valence-corrected chi connectivity index (χ1v) is 3.74. The predicted octanol–water partition coefficient (Wildman–Crippen LogP) is 1.11. The second-order valence-electron chi connectivity index (χ2n) is 1.78. The van der Waals surface area contributed by atoms with E-state index < -0.39 is 11.9 Å². The number of esters is 1. The Hall–Kier alpha value is -0.380. The van der Waals surface area contributed by atoms with Gasteiger partial charge in [-0.25, -0.2) is 0 Å². The maximum absolute atomic E-state index is 10.7. The van der Waals surface area contributed by atoms with E-state index in [2.05, 4.69) is 20.7 Å². The number of ether oxygens (including phenoxy) is 1. The van der Waals surface area contributed by atoms with E-state index in [-0.39, 0.29) is 4.69 Å². The molecule has 0 spiro atoms. The second-order valence-corrected chi connectivity index (χ2v) is 2.56. The van der Waals surface area contributed by atoms with Gasteiger partial charge in [-0.1, -0.05) is 0 Å². The van der Waals surface area contributed by atoms with E-state index in [1.165, 1.54) is 6.92 Å². The lowest BCUT2D eigenvalue weighted by Crippen LogP contribution is -2.19. The van der Waals surface area contributed by atoms with Crippen LogP contribution in [0.3, 0.4) is 0 Å². The van der Waals surface area contributed by atoms with Gasteiger partial charge in [0.2, 0.25) is 4.69 Å². The maximum Gasteiger partial charge on any atom is 0.317 e. The molecule has 0 aliphatic carbocycles. The SMILES string of the molecule is CCOC(=O)C(C)C(=O)Br. The highest BCUT2D eigenvalue weighted by atomic mass is 79.9. The summed E-state index contributed by atoms with van der Waals surface area (Å²) in [6, 6.07) is 0. The molecule has 0 aliphatic rings. The highest BCUT2D eigenvalue weighted by molar-refractivity contribution is 9.18. The molecule has 0 saturated heterocycles. The minimum absolute atomic E-state index is 0.309. The predicted molar refractivity (Wildman–Crippen MR) is 39.7 cm³/mol. The Labute approximate surface area is 67.9 Å². The molecule has 0 aromatic rings. The largest absolute Gasteiger partial charge is 0.465 e. The Morgan fingerprint density at radius 3 is 2.40 bits per heavy atom. The fourth-order valence-electron chi connectivity index (χ4n) is 0.360. The van der Waals surface area contributed by atoms with Gasteiger partial charge in [-0.3, -0.25) is 9.59 Å². The number of halogens is 1. The molecule has 58 valence electrons. The van der Waals surface area contributed by atoms with E-state index >= 15 is 0 Å². The van der Waals surface area contributed by atoms with Gasteiger partial charge in [0.25, 0.3) is 0 Å². The van der Waals surface area contributed by atoms with Crippen molar-refractivity contribution in [3.05, 3.63) is 0 Å². The third-order valence-electron chi connectivity index (χ3n) is 0.981. The van der Waals surface area contributed by atoms with E-state index in [1.807, 2.05) is 0 Å². The molecule has 3 nitrogen and oxygen atoms in total. The van der Waals surface area contributed by atoms with Gasteiger partial charge in [-0.05, 0) is 29.8 Å². The molecule has 0 bridgehead atoms. The Bertz CT molecular complexity index is 144. The smallest absolute Gasteiger partial charge is 0.317 e. The van der Waals surface area contributed by atoms with Crippen LogP contribution >= 0.6 is 15.9 Å². The topological polar surface area (TPSA) is 43.4 Å². The summed E-state index contributed by atoms with van der Waals surface area (Å²) in [5.74, 6) is -1.18. The standard InChI is InChI=1S/C6H9BrO3/c1-3-10-6(9)4(2)5(7)8/h4H,3H2,1-2H3. The van der Waals surface area contributed by atoms with E-state index in [4.69, 9.17) is 0 Å². The molecule has 0 fully saturated rings. The Kier molecular flexibility index (Phi) is 4.27. The first kappa shape index (κ1) is 9.62. The fourth-order valence-corrected chi connectivity index (χ4v) is 0.547. The summed E-state index contributed by atoms with van der Waals surface area (Å²) in [7, 11) is 0. The number of carbonyl (C=O) groups is 2. The zero-order valence-corrected chi connectivity index (χ0v) is 7.47. The average Bonchev–Trinajstić information content (AvgIpc) is 1.87. The summed E-state index contributed by atoms with van der Waals surface area (Å²) in [6.07, 6.45) is 0. The van der Waals surface area contributed by atoms with E-state index in [0.717, 1.165) is 0 Å². The molecule has 0 radical (unpaired) electrons. The average molecular weight is 209 g/mol. The van der Waals surface area contributed by atoms with Crippen LogP contribution in [-0.4, -0.2) is 17.3 Å². The second kappa shape index (κ2) is 4.44. The molecule has 4 heteroatoms. The van der Waals surface area contributed by atoms with Crippen molar-refractivity contribution in [1.29, 1.82) is 0 Å². The molecule has 0 amide bonds. The molecule has 0 rings (SSSR count). The zero-order valence-electron chi connectivity index (χ0n) is 5.89. The Morgan fingerprint density at radius 1 is 1.60 bits per heavy atom.